The normalized spacial score (nSPS) is 12.2. The number of rotatable bonds is 6. The predicted octanol–water partition coefficient (Wildman–Crippen LogP) is 2.72. The fourth-order valence-corrected chi connectivity index (χ4v) is 2.74. The molecule has 1 atom stereocenters. The van der Waals surface area contributed by atoms with Crippen LogP contribution in [-0.2, 0) is 0 Å². The highest BCUT2D eigenvalue weighted by atomic mass is 16.3. The number of aryl methyl sites for hydroxylation is 1. The Morgan fingerprint density at radius 2 is 2.04 bits per heavy atom. The molecule has 26 heavy (non-hydrogen) atoms. The average Bonchev–Trinajstić information content (AvgIpc) is 3.16. The lowest BCUT2D eigenvalue weighted by Crippen LogP contribution is -2.35. The van der Waals surface area contributed by atoms with Gasteiger partial charge in [-0.05, 0) is 37.6 Å². The molecule has 0 saturated heterocycles. The van der Waals surface area contributed by atoms with Crippen LogP contribution in [0, 0.1) is 6.92 Å². The Labute approximate surface area is 152 Å². The number of anilines is 1. The van der Waals surface area contributed by atoms with Gasteiger partial charge in [0.2, 0.25) is 0 Å². The van der Waals surface area contributed by atoms with Crippen molar-refractivity contribution in [3.8, 4) is 28.4 Å². The highest BCUT2D eigenvalue weighted by molar-refractivity contribution is 5.73. The van der Waals surface area contributed by atoms with Gasteiger partial charge >= 0.3 is 0 Å². The summed E-state index contributed by atoms with van der Waals surface area (Å²) in [5.74, 6) is 1.40. The summed E-state index contributed by atoms with van der Waals surface area (Å²) in [4.78, 5) is 11.2. The second kappa shape index (κ2) is 7.53. The largest absolute Gasteiger partial charge is 0.507 e. The third-order valence-electron chi connectivity index (χ3n) is 4.31. The molecule has 0 fully saturated rings. The van der Waals surface area contributed by atoms with E-state index in [4.69, 9.17) is 5.73 Å². The summed E-state index contributed by atoms with van der Waals surface area (Å²) in [5.41, 5.74) is 9.24. The average molecular weight is 352 g/mol. The van der Waals surface area contributed by atoms with Gasteiger partial charge in [0.25, 0.3) is 0 Å². The van der Waals surface area contributed by atoms with Crippen molar-refractivity contribution in [2.75, 3.05) is 18.5 Å². The molecule has 2 aromatic heterocycles. The first-order valence-electron chi connectivity index (χ1n) is 8.63. The zero-order chi connectivity index (χ0) is 18.7. The van der Waals surface area contributed by atoms with Crippen LogP contribution in [0.1, 0.15) is 19.0 Å². The molecule has 0 amide bonds. The Morgan fingerprint density at radius 3 is 2.73 bits per heavy atom. The molecule has 0 saturated carbocycles. The number of aromatic hydroxyl groups is 1. The monoisotopic (exact) mass is 352 g/mol. The molecule has 0 aliphatic heterocycles. The van der Waals surface area contributed by atoms with Crippen LogP contribution in [0.2, 0.25) is 0 Å². The van der Waals surface area contributed by atoms with Crippen LogP contribution in [0.15, 0.2) is 36.5 Å². The van der Waals surface area contributed by atoms with Crippen molar-refractivity contribution in [2.45, 2.75) is 26.3 Å². The van der Waals surface area contributed by atoms with Gasteiger partial charge in [0, 0.05) is 43.2 Å². The van der Waals surface area contributed by atoms with Crippen LogP contribution in [0.4, 0.5) is 5.82 Å². The number of hydrogen-bond acceptors (Lipinski definition) is 6. The number of hydrogen-bond donors (Lipinski definition) is 3. The number of benzene rings is 1. The highest BCUT2D eigenvalue weighted by Gasteiger charge is 2.14. The fourth-order valence-electron chi connectivity index (χ4n) is 2.74. The lowest BCUT2D eigenvalue weighted by atomic mass is 10.1. The SMILES string of the molecule is CC[C@@H](N)CN(C)c1cc(C)nc(-c2cc(-c3ccn[nH]3)ccc2O)n1. The predicted molar refractivity (Wildman–Crippen MR) is 103 cm³/mol. The molecule has 136 valence electrons. The fraction of sp³-hybridized carbons (Fsp3) is 0.316. The van der Waals surface area contributed by atoms with E-state index in [-0.39, 0.29) is 11.8 Å². The van der Waals surface area contributed by atoms with E-state index in [9.17, 15) is 5.11 Å². The summed E-state index contributed by atoms with van der Waals surface area (Å²) in [7, 11) is 1.96. The smallest absolute Gasteiger partial charge is 0.165 e. The van der Waals surface area contributed by atoms with E-state index in [1.807, 2.05) is 43.1 Å². The van der Waals surface area contributed by atoms with E-state index >= 15 is 0 Å². The van der Waals surface area contributed by atoms with Crippen molar-refractivity contribution in [1.29, 1.82) is 0 Å². The molecule has 0 unspecified atom stereocenters. The van der Waals surface area contributed by atoms with Crippen molar-refractivity contribution in [2.24, 2.45) is 5.73 Å². The molecule has 4 N–H and O–H groups in total. The number of phenols is 1. The van der Waals surface area contributed by atoms with Crippen molar-refractivity contribution in [3.63, 3.8) is 0 Å². The van der Waals surface area contributed by atoms with E-state index < -0.39 is 0 Å². The molecular formula is C19H24N6O. The lowest BCUT2D eigenvalue weighted by molar-refractivity contribution is 0.477. The van der Waals surface area contributed by atoms with E-state index in [1.54, 1.807) is 12.3 Å². The minimum absolute atomic E-state index is 0.0795. The molecule has 0 radical (unpaired) electrons. The number of likely N-dealkylation sites (N-methyl/N-ethyl adjacent to an activating group) is 1. The molecule has 2 heterocycles. The van der Waals surface area contributed by atoms with Gasteiger partial charge in [-0.15, -0.1) is 0 Å². The number of nitrogens with one attached hydrogen (secondary N) is 1. The third kappa shape index (κ3) is 3.83. The summed E-state index contributed by atoms with van der Waals surface area (Å²) in [6.07, 6.45) is 2.59. The Hall–Kier alpha value is -2.93. The number of phenolic OH excluding ortho intramolecular Hbond substituents is 1. The van der Waals surface area contributed by atoms with Crippen molar-refractivity contribution in [3.05, 3.63) is 42.2 Å². The number of nitrogens with zero attached hydrogens (tertiary/aromatic N) is 4. The number of aromatic amines is 1. The lowest BCUT2D eigenvalue weighted by Gasteiger charge is -2.22. The molecule has 3 aromatic rings. The van der Waals surface area contributed by atoms with Crippen LogP contribution in [0.25, 0.3) is 22.6 Å². The standard InChI is InChI=1S/C19H24N6O/c1-4-14(20)11-25(3)18-9-12(2)22-19(23-18)15-10-13(5-6-17(15)26)16-7-8-21-24-16/h5-10,14,26H,4,11,20H2,1-3H3,(H,21,24)/t14-/m1/s1. The van der Waals surface area contributed by atoms with Gasteiger partial charge in [0.05, 0.1) is 11.3 Å². The Bertz CT molecular complexity index is 878. The number of H-pyrrole nitrogens is 1. The summed E-state index contributed by atoms with van der Waals surface area (Å²) in [5, 5.41) is 17.2. The molecule has 7 nitrogen and oxygen atoms in total. The molecule has 0 bridgehead atoms. The minimum atomic E-state index is 0.0795. The topological polar surface area (TPSA) is 104 Å². The minimum Gasteiger partial charge on any atom is -0.507 e. The maximum Gasteiger partial charge on any atom is 0.165 e. The molecule has 3 rings (SSSR count). The van der Waals surface area contributed by atoms with Gasteiger partial charge in [-0.2, -0.15) is 5.10 Å². The van der Waals surface area contributed by atoms with Crippen molar-refractivity contribution >= 4 is 5.82 Å². The molecular weight excluding hydrogens is 328 g/mol. The Balaban J connectivity index is 2.00. The van der Waals surface area contributed by atoms with Gasteiger partial charge in [-0.3, -0.25) is 5.10 Å². The van der Waals surface area contributed by atoms with Crippen molar-refractivity contribution < 1.29 is 5.11 Å². The molecule has 7 heteroatoms. The first-order valence-corrected chi connectivity index (χ1v) is 8.63. The summed E-state index contributed by atoms with van der Waals surface area (Å²) >= 11 is 0. The van der Waals surface area contributed by atoms with Crippen LogP contribution >= 0.6 is 0 Å². The molecule has 0 spiro atoms. The first-order chi connectivity index (χ1) is 12.5. The van der Waals surface area contributed by atoms with Crippen LogP contribution in [0.3, 0.4) is 0 Å². The van der Waals surface area contributed by atoms with Crippen LogP contribution < -0.4 is 10.6 Å². The third-order valence-corrected chi connectivity index (χ3v) is 4.31. The number of aromatic nitrogens is 4. The van der Waals surface area contributed by atoms with Gasteiger partial charge < -0.3 is 15.7 Å². The van der Waals surface area contributed by atoms with Crippen LogP contribution in [-0.4, -0.2) is 44.9 Å². The summed E-state index contributed by atoms with van der Waals surface area (Å²) in [6, 6.07) is 9.21. The van der Waals surface area contributed by atoms with E-state index in [1.165, 1.54) is 0 Å². The first kappa shape index (κ1) is 17.9. The second-order valence-corrected chi connectivity index (χ2v) is 6.44. The molecule has 0 aliphatic carbocycles. The van der Waals surface area contributed by atoms with Gasteiger partial charge in [0.1, 0.15) is 11.6 Å². The van der Waals surface area contributed by atoms with Crippen LogP contribution in [0.5, 0.6) is 5.75 Å². The van der Waals surface area contributed by atoms with Gasteiger partial charge in [0.15, 0.2) is 5.82 Å². The quantitative estimate of drug-likeness (QED) is 0.630. The molecule has 1 aromatic carbocycles. The van der Waals surface area contributed by atoms with Crippen molar-refractivity contribution in [1.82, 2.24) is 20.2 Å². The second-order valence-electron chi connectivity index (χ2n) is 6.44. The maximum absolute atomic E-state index is 10.4. The number of nitrogens with two attached hydrogens (primary N) is 1. The van der Waals surface area contributed by atoms with Gasteiger partial charge in [-0.25, -0.2) is 9.97 Å². The zero-order valence-corrected chi connectivity index (χ0v) is 15.3. The van der Waals surface area contributed by atoms with E-state index in [0.29, 0.717) is 17.9 Å². The van der Waals surface area contributed by atoms with E-state index in [2.05, 4.69) is 27.1 Å². The Kier molecular flexibility index (Phi) is 5.18. The highest BCUT2D eigenvalue weighted by Crippen LogP contribution is 2.32. The zero-order valence-electron chi connectivity index (χ0n) is 15.3. The van der Waals surface area contributed by atoms with E-state index in [0.717, 1.165) is 29.2 Å². The van der Waals surface area contributed by atoms with Gasteiger partial charge in [-0.1, -0.05) is 6.92 Å². The maximum atomic E-state index is 10.4. The Morgan fingerprint density at radius 1 is 1.23 bits per heavy atom. The summed E-state index contributed by atoms with van der Waals surface area (Å²) in [6.45, 7) is 4.68. The molecule has 0 aliphatic rings. The summed E-state index contributed by atoms with van der Waals surface area (Å²) < 4.78 is 0.